The third-order valence-electron chi connectivity index (χ3n) is 3.95. The van der Waals surface area contributed by atoms with Crippen LogP contribution >= 0.6 is 23.4 Å². The number of hydrogen-bond donors (Lipinski definition) is 0. The van der Waals surface area contributed by atoms with E-state index in [2.05, 4.69) is 4.99 Å². The number of hydrogen-bond acceptors (Lipinski definition) is 3. The van der Waals surface area contributed by atoms with Gasteiger partial charge < -0.3 is 0 Å². The van der Waals surface area contributed by atoms with Crippen molar-refractivity contribution < 1.29 is 4.79 Å². The highest BCUT2D eigenvalue weighted by Crippen LogP contribution is 2.33. The molecule has 0 saturated carbocycles. The van der Waals surface area contributed by atoms with Gasteiger partial charge in [0, 0.05) is 9.92 Å². The highest BCUT2D eigenvalue weighted by Gasteiger charge is 2.32. The number of nitrogens with zero attached hydrogens (tertiary/aromatic N) is 2. The van der Waals surface area contributed by atoms with E-state index in [9.17, 15) is 4.79 Å². The standard InChI is InChI=1S/C22H15ClN2OS/c23-17-10-7-11-18(15-17)25-21(26)20(14-16-8-3-1-4-9-16)24-22(25)27-19-12-5-2-6-13-19/h1-15H/b20-14-. The predicted molar refractivity (Wildman–Crippen MR) is 113 cm³/mol. The Morgan fingerprint density at radius 1 is 0.889 bits per heavy atom. The van der Waals surface area contributed by atoms with E-state index in [4.69, 9.17) is 11.6 Å². The normalized spacial score (nSPS) is 15.3. The van der Waals surface area contributed by atoms with Gasteiger partial charge in [0.2, 0.25) is 0 Å². The number of anilines is 1. The molecule has 1 aliphatic rings. The molecule has 132 valence electrons. The van der Waals surface area contributed by atoms with Gasteiger partial charge in [-0.05, 0) is 42.0 Å². The lowest BCUT2D eigenvalue weighted by molar-refractivity contribution is -0.113. The number of amides is 1. The molecular formula is C22H15ClN2OS. The molecule has 0 atom stereocenters. The van der Waals surface area contributed by atoms with E-state index in [0.717, 1.165) is 10.5 Å². The molecule has 3 nitrogen and oxygen atoms in total. The number of carbonyl (C=O) groups is 1. The second kappa shape index (κ2) is 7.82. The second-order valence-electron chi connectivity index (χ2n) is 5.87. The summed E-state index contributed by atoms with van der Waals surface area (Å²) in [5.41, 5.74) is 2.03. The first kappa shape index (κ1) is 17.6. The van der Waals surface area contributed by atoms with Crippen molar-refractivity contribution in [2.75, 3.05) is 4.90 Å². The van der Waals surface area contributed by atoms with Crippen LogP contribution in [0.5, 0.6) is 0 Å². The molecule has 0 aliphatic carbocycles. The number of carbonyl (C=O) groups excluding carboxylic acids is 1. The van der Waals surface area contributed by atoms with Crippen LogP contribution in [-0.2, 0) is 4.79 Å². The van der Waals surface area contributed by atoms with Gasteiger partial charge >= 0.3 is 0 Å². The van der Waals surface area contributed by atoms with Gasteiger partial charge in [-0.1, -0.05) is 78.0 Å². The van der Waals surface area contributed by atoms with Gasteiger partial charge in [0.1, 0.15) is 5.70 Å². The Kier molecular flexibility index (Phi) is 5.10. The average molecular weight is 391 g/mol. The molecule has 1 aliphatic heterocycles. The fraction of sp³-hybridized carbons (Fsp3) is 0. The minimum atomic E-state index is -0.167. The number of benzene rings is 3. The molecule has 1 amide bonds. The summed E-state index contributed by atoms with van der Waals surface area (Å²) in [5.74, 6) is -0.167. The Bertz CT molecular complexity index is 1030. The summed E-state index contributed by atoms with van der Waals surface area (Å²) in [5, 5.41) is 1.18. The third-order valence-corrected chi connectivity index (χ3v) is 5.15. The van der Waals surface area contributed by atoms with E-state index in [0.29, 0.717) is 21.6 Å². The molecule has 27 heavy (non-hydrogen) atoms. The minimum absolute atomic E-state index is 0.167. The van der Waals surface area contributed by atoms with E-state index in [1.54, 1.807) is 23.1 Å². The topological polar surface area (TPSA) is 32.7 Å². The SMILES string of the molecule is O=C1/C(=C/c2ccccc2)N=C(Sc2ccccc2)N1c1cccc(Cl)c1. The first-order valence-corrected chi connectivity index (χ1v) is 9.58. The van der Waals surface area contributed by atoms with E-state index in [1.165, 1.54) is 11.8 Å². The molecule has 0 saturated heterocycles. The lowest BCUT2D eigenvalue weighted by Crippen LogP contribution is -2.30. The van der Waals surface area contributed by atoms with Gasteiger partial charge in [0.05, 0.1) is 5.69 Å². The fourth-order valence-electron chi connectivity index (χ4n) is 2.71. The van der Waals surface area contributed by atoms with Gasteiger partial charge in [-0.3, -0.25) is 9.69 Å². The van der Waals surface area contributed by atoms with Crippen LogP contribution in [0.15, 0.2) is 101 Å². The molecule has 5 heteroatoms. The van der Waals surface area contributed by atoms with E-state index >= 15 is 0 Å². The van der Waals surface area contributed by atoms with Crippen molar-refractivity contribution in [1.29, 1.82) is 0 Å². The summed E-state index contributed by atoms with van der Waals surface area (Å²) >= 11 is 7.60. The summed E-state index contributed by atoms with van der Waals surface area (Å²) in [4.78, 5) is 20.4. The van der Waals surface area contributed by atoms with Gasteiger partial charge in [-0.25, -0.2) is 4.99 Å². The number of aliphatic imine (C=N–C) groups is 1. The maximum Gasteiger partial charge on any atom is 0.283 e. The lowest BCUT2D eigenvalue weighted by Gasteiger charge is -2.18. The van der Waals surface area contributed by atoms with Gasteiger partial charge in [0.25, 0.3) is 5.91 Å². The van der Waals surface area contributed by atoms with Crippen molar-refractivity contribution in [3.63, 3.8) is 0 Å². The van der Waals surface area contributed by atoms with Crippen LogP contribution in [0.4, 0.5) is 5.69 Å². The number of amidine groups is 1. The summed E-state index contributed by atoms with van der Waals surface area (Å²) in [6.45, 7) is 0. The molecule has 0 bridgehead atoms. The summed E-state index contributed by atoms with van der Waals surface area (Å²) in [6, 6.07) is 26.8. The lowest BCUT2D eigenvalue weighted by atomic mass is 10.2. The zero-order chi connectivity index (χ0) is 18.6. The van der Waals surface area contributed by atoms with Crippen molar-refractivity contribution >= 4 is 46.2 Å². The Morgan fingerprint density at radius 2 is 1.59 bits per heavy atom. The van der Waals surface area contributed by atoms with E-state index in [-0.39, 0.29) is 5.91 Å². The third kappa shape index (κ3) is 3.97. The van der Waals surface area contributed by atoms with E-state index < -0.39 is 0 Å². The maximum absolute atomic E-state index is 13.1. The molecule has 0 aromatic heterocycles. The highest BCUT2D eigenvalue weighted by molar-refractivity contribution is 8.14. The van der Waals surface area contributed by atoms with Crippen molar-refractivity contribution in [2.45, 2.75) is 4.90 Å². The first-order valence-electron chi connectivity index (χ1n) is 8.39. The number of halogens is 1. The number of thioether (sulfide) groups is 1. The van der Waals surface area contributed by atoms with Gasteiger partial charge in [-0.2, -0.15) is 0 Å². The zero-order valence-corrected chi connectivity index (χ0v) is 15.8. The Balaban J connectivity index is 1.75. The fourth-order valence-corrected chi connectivity index (χ4v) is 3.82. The van der Waals surface area contributed by atoms with Crippen molar-refractivity contribution in [3.8, 4) is 0 Å². The Morgan fingerprint density at radius 3 is 2.30 bits per heavy atom. The maximum atomic E-state index is 13.1. The molecule has 3 aromatic rings. The second-order valence-corrected chi connectivity index (χ2v) is 7.35. The molecule has 3 aromatic carbocycles. The smallest absolute Gasteiger partial charge is 0.266 e. The van der Waals surface area contributed by atoms with Crippen LogP contribution in [-0.4, -0.2) is 11.1 Å². The quantitative estimate of drug-likeness (QED) is 0.523. The molecule has 0 radical (unpaired) electrons. The van der Waals surface area contributed by atoms with Crippen LogP contribution in [0.1, 0.15) is 5.56 Å². The Labute approximate surface area is 167 Å². The van der Waals surface area contributed by atoms with Crippen molar-refractivity contribution in [3.05, 3.63) is 101 Å². The van der Waals surface area contributed by atoms with Crippen LogP contribution in [0.2, 0.25) is 5.02 Å². The first-order chi connectivity index (χ1) is 13.2. The van der Waals surface area contributed by atoms with Crippen LogP contribution in [0.3, 0.4) is 0 Å². The monoisotopic (exact) mass is 390 g/mol. The molecule has 4 rings (SSSR count). The van der Waals surface area contributed by atoms with Gasteiger partial charge in [-0.15, -0.1) is 0 Å². The Hall–Kier alpha value is -2.82. The largest absolute Gasteiger partial charge is 0.283 e. The molecular weight excluding hydrogens is 376 g/mol. The zero-order valence-electron chi connectivity index (χ0n) is 14.2. The van der Waals surface area contributed by atoms with Crippen LogP contribution in [0, 0.1) is 0 Å². The number of rotatable bonds is 3. The summed E-state index contributed by atoms with van der Waals surface area (Å²) in [6.07, 6.45) is 1.80. The predicted octanol–water partition coefficient (Wildman–Crippen LogP) is 5.88. The molecule has 0 fully saturated rings. The highest BCUT2D eigenvalue weighted by atomic mass is 35.5. The van der Waals surface area contributed by atoms with Gasteiger partial charge in [0.15, 0.2) is 5.17 Å². The van der Waals surface area contributed by atoms with Crippen LogP contribution in [0.25, 0.3) is 6.08 Å². The minimum Gasteiger partial charge on any atom is -0.266 e. The summed E-state index contributed by atoms with van der Waals surface area (Å²) < 4.78 is 0. The molecule has 0 spiro atoms. The van der Waals surface area contributed by atoms with E-state index in [1.807, 2.05) is 72.8 Å². The van der Waals surface area contributed by atoms with Crippen LogP contribution < -0.4 is 4.90 Å². The van der Waals surface area contributed by atoms with Crippen molar-refractivity contribution in [1.82, 2.24) is 0 Å². The molecule has 0 unspecified atom stereocenters. The van der Waals surface area contributed by atoms with Crippen molar-refractivity contribution in [2.24, 2.45) is 4.99 Å². The summed E-state index contributed by atoms with van der Waals surface area (Å²) in [7, 11) is 0. The molecule has 0 N–H and O–H groups in total. The molecule has 1 heterocycles. The average Bonchev–Trinajstić information content (AvgIpc) is 2.98.